The number of benzene rings is 1. The van der Waals surface area contributed by atoms with E-state index in [1.54, 1.807) is 69.4 Å². The number of nitrogens with one attached hydrogen (secondary N) is 1. The number of allylic oxidation sites excluding steroid dienone is 13. The second-order valence-electron chi connectivity index (χ2n) is 11.3. The van der Waals surface area contributed by atoms with Gasteiger partial charge >= 0.3 is 0 Å². The third kappa shape index (κ3) is 9.09. The van der Waals surface area contributed by atoms with Crippen molar-refractivity contribution in [3.05, 3.63) is 137 Å². The average Bonchev–Trinajstić information content (AvgIpc) is 3.12. The summed E-state index contributed by atoms with van der Waals surface area (Å²) >= 11 is 0. The standard InChI is InChI=1S/C39H46F3NO3/c1-10-16-32(20-19-31(13-4)38(40,21-11-2)22-12-3)43-37(45)36-29(9)27(7)23-30(24-35(36)46-28(8)25-44)33-17-14-15-18-34(33)39(41,42)26(5)6/h11-20,22-25,28-29H,2,5,10,21H2,1,3-4,6-9H3,(H,43,45)/b20-19-,22-12+,31-13-,32-16+. The van der Waals surface area contributed by atoms with Crippen LogP contribution in [0.3, 0.4) is 0 Å². The molecule has 0 spiro atoms. The third-order valence-electron chi connectivity index (χ3n) is 7.70. The zero-order valence-corrected chi connectivity index (χ0v) is 27.9. The Hall–Kier alpha value is -4.39. The molecule has 1 N–H and O–H groups in total. The minimum absolute atomic E-state index is 0.0717. The number of carbonyl (C=O) groups excluding carboxylic acids is 2. The first-order valence-electron chi connectivity index (χ1n) is 15.4. The van der Waals surface area contributed by atoms with Crippen LogP contribution in [0.2, 0.25) is 0 Å². The maximum absolute atomic E-state index is 15.8. The minimum Gasteiger partial charge on any atom is -0.483 e. The molecule has 1 amide bonds. The van der Waals surface area contributed by atoms with Gasteiger partial charge in [0.2, 0.25) is 0 Å². The number of aldehydes is 1. The lowest BCUT2D eigenvalue weighted by molar-refractivity contribution is -0.118. The van der Waals surface area contributed by atoms with Crippen molar-refractivity contribution < 1.29 is 27.5 Å². The predicted molar refractivity (Wildman–Crippen MR) is 183 cm³/mol. The Kier molecular flexibility index (Phi) is 13.8. The molecule has 0 aromatic heterocycles. The second kappa shape index (κ2) is 16.8. The largest absolute Gasteiger partial charge is 0.483 e. The van der Waals surface area contributed by atoms with Crippen LogP contribution in [0, 0.1) is 5.92 Å². The molecule has 4 nitrogen and oxygen atoms in total. The van der Waals surface area contributed by atoms with Crippen molar-refractivity contribution in [2.24, 2.45) is 5.92 Å². The van der Waals surface area contributed by atoms with Gasteiger partial charge in [-0.3, -0.25) is 9.59 Å². The molecule has 7 heteroatoms. The number of hydrogen-bond donors (Lipinski definition) is 1. The molecule has 1 aromatic rings. The lowest BCUT2D eigenvalue weighted by Crippen LogP contribution is -2.29. The normalized spacial score (nSPS) is 18.4. The summed E-state index contributed by atoms with van der Waals surface area (Å²) in [5.74, 6) is -4.26. The Morgan fingerprint density at radius 3 is 2.39 bits per heavy atom. The molecule has 1 aliphatic rings. The first kappa shape index (κ1) is 37.8. The van der Waals surface area contributed by atoms with E-state index in [4.69, 9.17) is 4.74 Å². The van der Waals surface area contributed by atoms with Gasteiger partial charge in [0, 0.05) is 23.6 Å². The highest BCUT2D eigenvalue weighted by atomic mass is 19.3. The lowest BCUT2D eigenvalue weighted by atomic mass is 9.90. The van der Waals surface area contributed by atoms with E-state index in [0.29, 0.717) is 35.1 Å². The molecule has 0 fully saturated rings. The van der Waals surface area contributed by atoms with Gasteiger partial charge in [0.1, 0.15) is 5.76 Å². The van der Waals surface area contributed by atoms with Gasteiger partial charge in [-0.05, 0) is 81.6 Å². The molecule has 3 unspecified atom stereocenters. The van der Waals surface area contributed by atoms with E-state index < -0.39 is 29.5 Å². The average molecular weight is 634 g/mol. The highest BCUT2D eigenvalue weighted by molar-refractivity contribution is 5.98. The molecule has 246 valence electrons. The molecule has 2 rings (SSSR count). The maximum Gasteiger partial charge on any atom is 0.294 e. The molecule has 3 atom stereocenters. The van der Waals surface area contributed by atoms with E-state index in [1.807, 2.05) is 13.8 Å². The van der Waals surface area contributed by atoms with E-state index >= 15 is 13.2 Å². The lowest BCUT2D eigenvalue weighted by Gasteiger charge is -2.22. The second-order valence-corrected chi connectivity index (χ2v) is 11.3. The first-order valence-corrected chi connectivity index (χ1v) is 15.4. The highest BCUT2D eigenvalue weighted by Crippen LogP contribution is 2.41. The summed E-state index contributed by atoms with van der Waals surface area (Å²) in [6, 6.07) is 6.11. The van der Waals surface area contributed by atoms with Crippen LogP contribution in [0.4, 0.5) is 13.2 Å². The van der Waals surface area contributed by atoms with Crippen LogP contribution in [0.15, 0.2) is 126 Å². The number of hydrogen-bond acceptors (Lipinski definition) is 3. The fourth-order valence-corrected chi connectivity index (χ4v) is 5.09. The van der Waals surface area contributed by atoms with Gasteiger partial charge in [0.05, 0.1) is 5.57 Å². The SMILES string of the molecule is C=CCC(F)(/C=C/C)C(/C=C\C(=C/CC)NC(=O)C1=C(OC(C)C=O)C=C(c2ccccc2C(F)(F)C(=C)C)C=C(C)C1C)=C\C. The van der Waals surface area contributed by atoms with Crippen molar-refractivity contribution in [3.8, 4) is 0 Å². The summed E-state index contributed by atoms with van der Waals surface area (Å²) in [5, 5.41) is 2.92. The van der Waals surface area contributed by atoms with Gasteiger partial charge in [-0.2, -0.15) is 8.78 Å². The summed E-state index contributed by atoms with van der Waals surface area (Å²) in [6.45, 7) is 19.0. The van der Waals surface area contributed by atoms with Crippen LogP contribution < -0.4 is 5.32 Å². The molecule has 0 aliphatic heterocycles. The van der Waals surface area contributed by atoms with E-state index in [2.05, 4.69) is 18.5 Å². The van der Waals surface area contributed by atoms with E-state index in [0.717, 1.165) is 0 Å². The molecule has 0 saturated carbocycles. The summed E-state index contributed by atoms with van der Waals surface area (Å²) < 4.78 is 52.4. The molecular formula is C39H46F3NO3. The smallest absolute Gasteiger partial charge is 0.294 e. The Balaban J connectivity index is 2.72. The number of ether oxygens (including phenoxy) is 1. The first-order chi connectivity index (χ1) is 21.7. The van der Waals surface area contributed by atoms with Gasteiger partial charge in [0.25, 0.3) is 11.8 Å². The number of amides is 1. The number of rotatable bonds is 15. The van der Waals surface area contributed by atoms with Gasteiger partial charge in [0.15, 0.2) is 18.1 Å². The van der Waals surface area contributed by atoms with Crippen molar-refractivity contribution >= 4 is 17.8 Å². The molecular weight excluding hydrogens is 587 g/mol. The minimum atomic E-state index is -3.31. The number of alkyl halides is 3. The maximum atomic E-state index is 15.8. The molecule has 0 heterocycles. The topological polar surface area (TPSA) is 55.4 Å². The molecule has 0 radical (unpaired) electrons. The van der Waals surface area contributed by atoms with Crippen molar-refractivity contribution in [1.82, 2.24) is 5.32 Å². The monoisotopic (exact) mass is 633 g/mol. The quantitative estimate of drug-likeness (QED) is 0.119. The van der Waals surface area contributed by atoms with Crippen LogP contribution in [-0.4, -0.2) is 24.0 Å². The van der Waals surface area contributed by atoms with E-state index in [-0.39, 0.29) is 34.5 Å². The molecule has 1 aromatic carbocycles. The summed E-state index contributed by atoms with van der Waals surface area (Å²) in [5.41, 5.74) is 0.0648. The van der Waals surface area contributed by atoms with Crippen molar-refractivity contribution in [2.45, 2.75) is 79.0 Å². The molecule has 1 aliphatic carbocycles. The van der Waals surface area contributed by atoms with Crippen LogP contribution in [0.1, 0.15) is 72.4 Å². The summed E-state index contributed by atoms with van der Waals surface area (Å²) in [7, 11) is 0. The van der Waals surface area contributed by atoms with Gasteiger partial charge < -0.3 is 10.1 Å². The van der Waals surface area contributed by atoms with E-state index in [9.17, 15) is 9.59 Å². The van der Waals surface area contributed by atoms with Gasteiger partial charge in [-0.25, -0.2) is 4.39 Å². The Labute approximate surface area is 272 Å². The van der Waals surface area contributed by atoms with Gasteiger partial charge in [-0.15, -0.1) is 6.58 Å². The predicted octanol–water partition coefficient (Wildman–Crippen LogP) is 9.97. The molecule has 0 bridgehead atoms. The molecule has 46 heavy (non-hydrogen) atoms. The fraction of sp³-hybridized carbons (Fsp3) is 0.333. The van der Waals surface area contributed by atoms with Crippen molar-refractivity contribution in [3.63, 3.8) is 0 Å². The number of halogens is 3. The Bertz CT molecular complexity index is 1540. The van der Waals surface area contributed by atoms with Gasteiger partial charge in [-0.1, -0.05) is 86.7 Å². The number of carbonyl (C=O) groups is 2. The fourth-order valence-electron chi connectivity index (χ4n) is 5.09. The highest BCUT2D eigenvalue weighted by Gasteiger charge is 2.36. The van der Waals surface area contributed by atoms with Crippen molar-refractivity contribution in [1.29, 1.82) is 0 Å². The van der Waals surface area contributed by atoms with Crippen LogP contribution in [0.5, 0.6) is 0 Å². The van der Waals surface area contributed by atoms with E-state index in [1.165, 1.54) is 44.2 Å². The zero-order valence-electron chi connectivity index (χ0n) is 27.9. The molecule has 0 saturated heterocycles. The Morgan fingerprint density at radius 2 is 1.83 bits per heavy atom. The summed E-state index contributed by atoms with van der Waals surface area (Å²) in [6.07, 6.45) is 14.9. The van der Waals surface area contributed by atoms with Crippen LogP contribution >= 0.6 is 0 Å². The Morgan fingerprint density at radius 1 is 1.15 bits per heavy atom. The summed E-state index contributed by atoms with van der Waals surface area (Å²) in [4.78, 5) is 25.7. The van der Waals surface area contributed by atoms with Crippen LogP contribution in [0.25, 0.3) is 5.57 Å². The zero-order chi connectivity index (χ0) is 34.7. The van der Waals surface area contributed by atoms with Crippen LogP contribution in [-0.2, 0) is 20.2 Å². The third-order valence-corrected chi connectivity index (χ3v) is 7.70. The van der Waals surface area contributed by atoms with Crippen molar-refractivity contribution in [2.75, 3.05) is 0 Å².